The molecule has 3 aliphatic rings. The highest BCUT2D eigenvalue weighted by Crippen LogP contribution is 2.44. The molecule has 28 heavy (non-hydrogen) atoms. The Hall–Kier alpha value is -2.46. The molecule has 10 heteroatoms. The van der Waals surface area contributed by atoms with E-state index in [2.05, 4.69) is 10.4 Å². The van der Waals surface area contributed by atoms with Crippen LogP contribution in [0.1, 0.15) is 30.3 Å². The van der Waals surface area contributed by atoms with Crippen LogP contribution in [0.15, 0.2) is 6.20 Å². The molecule has 0 aliphatic carbocycles. The Labute approximate surface area is 161 Å². The lowest BCUT2D eigenvalue weighted by molar-refractivity contribution is -0.147. The first-order valence-corrected chi connectivity index (χ1v) is 9.63. The van der Waals surface area contributed by atoms with Crippen LogP contribution < -0.4 is 5.32 Å². The quantitative estimate of drug-likeness (QED) is 0.733. The van der Waals surface area contributed by atoms with Gasteiger partial charge in [0.2, 0.25) is 5.91 Å². The highest BCUT2D eigenvalue weighted by atomic mass is 16.5. The smallest absolute Gasteiger partial charge is 0.310 e. The summed E-state index contributed by atoms with van der Waals surface area (Å²) in [5, 5.41) is 16.5. The molecule has 10 nitrogen and oxygen atoms in total. The summed E-state index contributed by atoms with van der Waals surface area (Å²) in [5.74, 6) is -3.32. The second-order valence-electron chi connectivity index (χ2n) is 7.30. The highest BCUT2D eigenvalue weighted by Gasteiger charge is 2.55. The fourth-order valence-electron chi connectivity index (χ4n) is 4.40. The van der Waals surface area contributed by atoms with Crippen LogP contribution >= 0.6 is 0 Å². The first kappa shape index (κ1) is 18.9. The second kappa shape index (κ2) is 7.51. The van der Waals surface area contributed by atoms with Gasteiger partial charge in [-0.05, 0) is 19.8 Å². The third kappa shape index (κ3) is 3.16. The number of aryl methyl sites for hydroxylation is 1. The topological polar surface area (TPSA) is 123 Å². The monoisotopic (exact) mass is 392 g/mol. The molecular formula is C18H24N4O6. The van der Waals surface area contributed by atoms with E-state index < -0.39 is 35.9 Å². The van der Waals surface area contributed by atoms with Crippen LogP contribution in [0.4, 0.5) is 5.69 Å². The molecule has 3 aliphatic heterocycles. The van der Waals surface area contributed by atoms with E-state index in [9.17, 15) is 19.5 Å². The summed E-state index contributed by atoms with van der Waals surface area (Å²) >= 11 is 0. The number of aliphatic carboxylic acids is 1. The number of carboxylic acids is 1. The van der Waals surface area contributed by atoms with E-state index in [1.807, 2.05) is 6.92 Å². The summed E-state index contributed by atoms with van der Waals surface area (Å²) in [6.45, 7) is 4.22. The second-order valence-corrected chi connectivity index (χ2v) is 7.30. The van der Waals surface area contributed by atoms with Gasteiger partial charge in [0, 0.05) is 19.6 Å². The van der Waals surface area contributed by atoms with Crippen molar-refractivity contribution in [3.8, 4) is 0 Å². The summed E-state index contributed by atoms with van der Waals surface area (Å²) in [5.41, 5.74) is 0.601. The van der Waals surface area contributed by atoms with Crippen LogP contribution in [0.5, 0.6) is 0 Å². The minimum Gasteiger partial charge on any atom is -0.481 e. The molecule has 3 fully saturated rings. The minimum atomic E-state index is -1.03. The van der Waals surface area contributed by atoms with Crippen molar-refractivity contribution in [2.24, 2.45) is 11.8 Å². The van der Waals surface area contributed by atoms with Gasteiger partial charge in [-0.15, -0.1) is 0 Å². The van der Waals surface area contributed by atoms with Gasteiger partial charge >= 0.3 is 5.97 Å². The zero-order valence-corrected chi connectivity index (χ0v) is 15.7. The third-order valence-corrected chi connectivity index (χ3v) is 5.76. The molecule has 2 N–H and O–H groups in total. The lowest BCUT2D eigenvalue weighted by atomic mass is 9.78. The average molecular weight is 392 g/mol. The van der Waals surface area contributed by atoms with Crippen molar-refractivity contribution in [3.05, 3.63) is 11.9 Å². The van der Waals surface area contributed by atoms with Crippen LogP contribution in [0, 0.1) is 11.8 Å². The standard InChI is InChI=1S/C18H24N4O6/c1-2-22-15(17(24)21-5-7-27-8-6-21)10(9-19-22)20-16(23)13-11-3-4-12(28-11)14(13)18(25)26/h9,11-14H,2-8H2,1H3,(H,20,23)(H,25,26)/t11-,12-,13-,14-/m1/s1. The number of hydrogen-bond acceptors (Lipinski definition) is 6. The van der Waals surface area contributed by atoms with Gasteiger partial charge in [0.05, 0.1) is 49.1 Å². The van der Waals surface area contributed by atoms with Crippen molar-refractivity contribution < 1.29 is 29.0 Å². The maximum Gasteiger partial charge on any atom is 0.310 e. The van der Waals surface area contributed by atoms with Gasteiger partial charge in [-0.2, -0.15) is 5.10 Å². The van der Waals surface area contributed by atoms with Gasteiger partial charge < -0.3 is 24.8 Å². The maximum atomic E-state index is 13.0. The number of nitrogens with zero attached hydrogens (tertiary/aromatic N) is 3. The predicted octanol–water partition coefficient (Wildman–Crippen LogP) is 0.192. The van der Waals surface area contributed by atoms with Crippen LogP contribution in [0.25, 0.3) is 0 Å². The fourth-order valence-corrected chi connectivity index (χ4v) is 4.40. The van der Waals surface area contributed by atoms with Crippen molar-refractivity contribution in [1.29, 1.82) is 0 Å². The number of fused-ring (bicyclic) bond motifs is 2. The molecule has 3 saturated heterocycles. The summed E-state index contributed by atoms with van der Waals surface area (Å²) in [6, 6.07) is 0. The number of anilines is 1. The first-order chi connectivity index (χ1) is 13.5. The maximum absolute atomic E-state index is 13.0. The molecule has 0 aromatic carbocycles. The number of nitrogens with one attached hydrogen (secondary N) is 1. The Morgan fingerprint density at radius 1 is 1.21 bits per heavy atom. The zero-order chi connectivity index (χ0) is 19.8. The lowest BCUT2D eigenvalue weighted by Gasteiger charge is -2.27. The number of carbonyl (C=O) groups excluding carboxylic acids is 2. The van der Waals surface area contributed by atoms with Gasteiger partial charge in [-0.3, -0.25) is 19.1 Å². The van der Waals surface area contributed by atoms with Gasteiger partial charge in [0.1, 0.15) is 5.69 Å². The zero-order valence-electron chi connectivity index (χ0n) is 15.7. The van der Waals surface area contributed by atoms with Crippen molar-refractivity contribution in [3.63, 3.8) is 0 Å². The van der Waals surface area contributed by atoms with Crippen molar-refractivity contribution in [1.82, 2.24) is 14.7 Å². The van der Waals surface area contributed by atoms with Crippen molar-refractivity contribution in [2.45, 2.75) is 38.5 Å². The van der Waals surface area contributed by atoms with Crippen molar-refractivity contribution >= 4 is 23.5 Å². The molecule has 1 aromatic heterocycles. The van der Waals surface area contributed by atoms with E-state index in [0.717, 1.165) is 0 Å². The average Bonchev–Trinajstić information content (AvgIpc) is 3.42. The number of amides is 2. The van der Waals surface area contributed by atoms with E-state index in [-0.39, 0.29) is 5.91 Å². The Morgan fingerprint density at radius 2 is 1.89 bits per heavy atom. The number of aromatic nitrogens is 2. The van der Waals surface area contributed by atoms with Crippen LogP contribution in [-0.4, -0.2) is 76.1 Å². The van der Waals surface area contributed by atoms with Gasteiger partial charge in [0.15, 0.2) is 0 Å². The number of rotatable bonds is 5. The van der Waals surface area contributed by atoms with E-state index in [0.29, 0.717) is 57.1 Å². The Morgan fingerprint density at radius 3 is 2.54 bits per heavy atom. The molecule has 152 valence electrons. The highest BCUT2D eigenvalue weighted by molar-refractivity contribution is 6.04. The molecule has 0 radical (unpaired) electrons. The summed E-state index contributed by atoms with van der Waals surface area (Å²) in [4.78, 5) is 39.2. The fraction of sp³-hybridized carbons (Fsp3) is 0.667. The van der Waals surface area contributed by atoms with Crippen LogP contribution in [0.2, 0.25) is 0 Å². The molecular weight excluding hydrogens is 368 g/mol. The van der Waals surface area contributed by atoms with Gasteiger partial charge in [0.25, 0.3) is 5.91 Å². The summed E-state index contributed by atoms with van der Waals surface area (Å²) in [7, 11) is 0. The Bertz CT molecular complexity index is 787. The number of hydrogen-bond donors (Lipinski definition) is 2. The molecule has 4 rings (SSSR count). The third-order valence-electron chi connectivity index (χ3n) is 5.76. The Kier molecular flexibility index (Phi) is 5.07. The van der Waals surface area contributed by atoms with E-state index >= 15 is 0 Å². The van der Waals surface area contributed by atoms with Gasteiger partial charge in [-0.1, -0.05) is 0 Å². The largest absolute Gasteiger partial charge is 0.481 e. The summed E-state index contributed by atoms with van der Waals surface area (Å²) in [6.07, 6.45) is 1.94. The van der Waals surface area contributed by atoms with E-state index in [1.165, 1.54) is 6.20 Å². The van der Waals surface area contributed by atoms with Gasteiger partial charge in [-0.25, -0.2) is 0 Å². The molecule has 1 aromatic rings. The first-order valence-electron chi connectivity index (χ1n) is 9.63. The molecule has 2 bridgehead atoms. The number of ether oxygens (including phenoxy) is 2. The van der Waals surface area contributed by atoms with E-state index in [4.69, 9.17) is 9.47 Å². The summed E-state index contributed by atoms with van der Waals surface area (Å²) < 4.78 is 12.5. The molecule has 0 spiro atoms. The predicted molar refractivity (Wildman–Crippen MR) is 95.8 cm³/mol. The molecule has 4 atom stereocenters. The Balaban J connectivity index is 1.56. The molecule has 0 saturated carbocycles. The lowest BCUT2D eigenvalue weighted by Crippen LogP contribution is -2.43. The number of carboxylic acid groups (broad SMARTS) is 1. The number of morpholine rings is 1. The SMILES string of the molecule is CCn1ncc(NC(=O)[C@H]2[C@H](C(=O)O)[C@H]3CC[C@H]2O3)c1C(=O)N1CCOCC1. The molecule has 4 heterocycles. The number of carbonyl (C=O) groups is 3. The van der Waals surface area contributed by atoms with E-state index in [1.54, 1.807) is 9.58 Å². The normalized spacial score (nSPS) is 29.1. The molecule has 0 unspecified atom stereocenters. The van der Waals surface area contributed by atoms with Crippen LogP contribution in [0.3, 0.4) is 0 Å². The van der Waals surface area contributed by atoms with Crippen molar-refractivity contribution in [2.75, 3.05) is 31.6 Å². The van der Waals surface area contributed by atoms with Crippen LogP contribution in [-0.2, 0) is 25.6 Å². The minimum absolute atomic E-state index is 0.225. The molecule has 2 amide bonds.